The van der Waals surface area contributed by atoms with Crippen LogP contribution in [0.15, 0.2) is 30.3 Å². The van der Waals surface area contributed by atoms with Crippen molar-refractivity contribution >= 4 is 16.5 Å². The lowest BCUT2D eigenvalue weighted by Crippen LogP contribution is -2.22. The Kier molecular flexibility index (Phi) is 3.76. The van der Waals surface area contributed by atoms with Gasteiger partial charge in [-0.05, 0) is 5.56 Å². The molecule has 2 rings (SSSR count). The van der Waals surface area contributed by atoms with Crippen LogP contribution >= 0.6 is 11.3 Å². The van der Waals surface area contributed by atoms with Crippen LogP contribution in [0.4, 0.5) is 5.13 Å². The van der Waals surface area contributed by atoms with Crippen molar-refractivity contribution in [3.05, 3.63) is 36.0 Å². The topological polar surface area (TPSA) is 50.9 Å². The largest absolute Gasteiger partial charge is 0.375 e. The van der Waals surface area contributed by atoms with Crippen molar-refractivity contribution in [2.24, 2.45) is 0 Å². The number of thiazole rings is 1. The zero-order valence-electron chi connectivity index (χ0n) is 10.1. The summed E-state index contributed by atoms with van der Waals surface area (Å²) in [6.45, 7) is 5.01. The molecule has 0 spiro atoms. The Bertz CT molecular complexity index is 477. The van der Waals surface area contributed by atoms with Crippen molar-refractivity contribution < 1.29 is 0 Å². The quantitative estimate of drug-likeness (QED) is 0.873. The number of hydrogen-bond donors (Lipinski definition) is 2. The maximum atomic E-state index is 5.80. The molecule has 0 aliphatic heterocycles. The fourth-order valence-corrected chi connectivity index (χ4v) is 2.46. The first-order chi connectivity index (χ1) is 8.16. The third kappa shape index (κ3) is 3.05. The molecule has 0 atom stereocenters. The molecule has 3 N–H and O–H groups in total. The SMILES string of the molecule is CC(C)NCc1nc(N)sc1-c1ccccc1. The van der Waals surface area contributed by atoms with Gasteiger partial charge in [-0.15, -0.1) is 0 Å². The number of nitrogen functional groups attached to an aromatic ring is 1. The number of aromatic nitrogens is 1. The van der Waals surface area contributed by atoms with Crippen LogP contribution in [0.5, 0.6) is 0 Å². The van der Waals surface area contributed by atoms with Gasteiger partial charge in [0.1, 0.15) is 0 Å². The molecule has 2 aromatic rings. The van der Waals surface area contributed by atoms with Gasteiger partial charge in [-0.3, -0.25) is 0 Å². The zero-order chi connectivity index (χ0) is 12.3. The summed E-state index contributed by atoms with van der Waals surface area (Å²) in [4.78, 5) is 5.56. The molecule has 90 valence electrons. The first kappa shape index (κ1) is 12.1. The van der Waals surface area contributed by atoms with Crippen molar-refractivity contribution in [3.8, 4) is 10.4 Å². The fourth-order valence-electron chi connectivity index (χ4n) is 1.61. The van der Waals surface area contributed by atoms with Gasteiger partial charge in [-0.2, -0.15) is 0 Å². The molecule has 0 amide bonds. The monoisotopic (exact) mass is 247 g/mol. The second-order valence-electron chi connectivity index (χ2n) is 4.23. The number of anilines is 1. The Morgan fingerprint density at radius 2 is 2.00 bits per heavy atom. The lowest BCUT2D eigenvalue weighted by molar-refractivity contribution is 0.584. The van der Waals surface area contributed by atoms with Crippen LogP contribution in [0.25, 0.3) is 10.4 Å². The summed E-state index contributed by atoms with van der Waals surface area (Å²) in [7, 11) is 0. The predicted octanol–water partition coefficient (Wildman–Crippen LogP) is 2.89. The van der Waals surface area contributed by atoms with Crippen LogP contribution in [0, 0.1) is 0 Å². The Labute approximate surface area is 106 Å². The zero-order valence-corrected chi connectivity index (χ0v) is 10.9. The molecular weight excluding hydrogens is 230 g/mol. The number of nitrogens with one attached hydrogen (secondary N) is 1. The molecule has 0 aliphatic rings. The smallest absolute Gasteiger partial charge is 0.180 e. The third-order valence-corrected chi connectivity index (χ3v) is 3.40. The van der Waals surface area contributed by atoms with Gasteiger partial charge in [0.15, 0.2) is 5.13 Å². The molecule has 1 aromatic heterocycles. The maximum absolute atomic E-state index is 5.80. The average Bonchev–Trinajstić information content (AvgIpc) is 2.69. The molecule has 17 heavy (non-hydrogen) atoms. The predicted molar refractivity (Wildman–Crippen MR) is 73.9 cm³/mol. The van der Waals surface area contributed by atoms with Gasteiger partial charge in [0, 0.05) is 12.6 Å². The minimum atomic E-state index is 0.446. The number of rotatable bonds is 4. The first-order valence-electron chi connectivity index (χ1n) is 5.71. The minimum absolute atomic E-state index is 0.446. The molecule has 0 aliphatic carbocycles. The van der Waals surface area contributed by atoms with E-state index in [1.54, 1.807) is 11.3 Å². The summed E-state index contributed by atoms with van der Waals surface area (Å²) < 4.78 is 0. The summed E-state index contributed by atoms with van der Waals surface area (Å²) in [6, 6.07) is 10.7. The third-order valence-electron chi connectivity index (χ3n) is 2.43. The van der Waals surface area contributed by atoms with Gasteiger partial charge in [0.25, 0.3) is 0 Å². The highest BCUT2D eigenvalue weighted by Crippen LogP contribution is 2.31. The highest BCUT2D eigenvalue weighted by molar-refractivity contribution is 7.18. The second-order valence-corrected chi connectivity index (χ2v) is 5.26. The van der Waals surface area contributed by atoms with Crippen molar-refractivity contribution in [1.82, 2.24) is 10.3 Å². The molecular formula is C13H17N3S. The normalized spacial score (nSPS) is 11.0. The van der Waals surface area contributed by atoms with E-state index in [-0.39, 0.29) is 0 Å². The highest BCUT2D eigenvalue weighted by atomic mass is 32.1. The first-order valence-corrected chi connectivity index (χ1v) is 6.52. The number of nitrogens with zero attached hydrogens (tertiary/aromatic N) is 1. The summed E-state index contributed by atoms with van der Waals surface area (Å²) in [6.07, 6.45) is 0. The van der Waals surface area contributed by atoms with Crippen molar-refractivity contribution in [2.45, 2.75) is 26.4 Å². The van der Waals surface area contributed by atoms with E-state index in [4.69, 9.17) is 5.73 Å². The van der Waals surface area contributed by atoms with E-state index in [0.29, 0.717) is 11.2 Å². The van der Waals surface area contributed by atoms with Gasteiger partial charge >= 0.3 is 0 Å². The van der Waals surface area contributed by atoms with Gasteiger partial charge in [-0.25, -0.2) is 4.98 Å². The van der Waals surface area contributed by atoms with Crippen molar-refractivity contribution in [1.29, 1.82) is 0 Å². The molecule has 0 radical (unpaired) electrons. The molecule has 0 fully saturated rings. The maximum Gasteiger partial charge on any atom is 0.180 e. The van der Waals surface area contributed by atoms with Crippen LogP contribution in [-0.4, -0.2) is 11.0 Å². The molecule has 3 nitrogen and oxygen atoms in total. The summed E-state index contributed by atoms with van der Waals surface area (Å²) in [5.74, 6) is 0. The highest BCUT2D eigenvalue weighted by Gasteiger charge is 2.11. The summed E-state index contributed by atoms with van der Waals surface area (Å²) in [5.41, 5.74) is 8.02. The Balaban J connectivity index is 2.28. The Morgan fingerprint density at radius 1 is 1.29 bits per heavy atom. The number of benzene rings is 1. The molecule has 1 heterocycles. The van der Waals surface area contributed by atoms with Crippen LogP contribution in [0.2, 0.25) is 0 Å². The summed E-state index contributed by atoms with van der Waals surface area (Å²) >= 11 is 1.55. The Morgan fingerprint density at radius 3 is 2.65 bits per heavy atom. The number of nitrogens with two attached hydrogens (primary N) is 1. The van der Waals surface area contributed by atoms with Crippen LogP contribution in [-0.2, 0) is 6.54 Å². The van der Waals surface area contributed by atoms with E-state index < -0.39 is 0 Å². The molecule has 0 unspecified atom stereocenters. The van der Waals surface area contributed by atoms with Crippen molar-refractivity contribution in [3.63, 3.8) is 0 Å². The molecule has 0 saturated heterocycles. The van der Waals surface area contributed by atoms with E-state index in [1.807, 2.05) is 18.2 Å². The van der Waals surface area contributed by atoms with Gasteiger partial charge in [-0.1, -0.05) is 55.5 Å². The fraction of sp³-hybridized carbons (Fsp3) is 0.308. The van der Waals surface area contributed by atoms with Gasteiger partial charge in [0.2, 0.25) is 0 Å². The van der Waals surface area contributed by atoms with Crippen LogP contribution < -0.4 is 11.1 Å². The van der Waals surface area contributed by atoms with Gasteiger partial charge < -0.3 is 11.1 Å². The lowest BCUT2D eigenvalue weighted by Gasteiger charge is -2.07. The van der Waals surface area contributed by atoms with E-state index in [9.17, 15) is 0 Å². The molecule has 4 heteroatoms. The van der Waals surface area contributed by atoms with Crippen LogP contribution in [0.3, 0.4) is 0 Å². The Hall–Kier alpha value is -1.39. The number of hydrogen-bond acceptors (Lipinski definition) is 4. The average molecular weight is 247 g/mol. The van der Waals surface area contributed by atoms with E-state index in [1.165, 1.54) is 5.56 Å². The molecule has 0 bridgehead atoms. The minimum Gasteiger partial charge on any atom is -0.375 e. The molecule has 0 saturated carbocycles. The lowest BCUT2D eigenvalue weighted by atomic mass is 10.1. The summed E-state index contributed by atoms with van der Waals surface area (Å²) in [5, 5.41) is 4.00. The van der Waals surface area contributed by atoms with E-state index in [0.717, 1.165) is 17.1 Å². The van der Waals surface area contributed by atoms with Crippen LogP contribution in [0.1, 0.15) is 19.5 Å². The van der Waals surface area contributed by atoms with E-state index in [2.05, 4.69) is 36.3 Å². The van der Waals surface area contributed by atoms with E-state index >= 15 is 0 Å². The van der Waals surface area contributed by atoms with Gasteiger partial charge in [0.05, 0.1) is 10.6 Å². The van der Waals surface area contributed by atoms with Crippen molar-refractivity contribution in [2.75, 3.05) is 5.73 Å². The standard InChI is InChI=1S/C13H17N3S/c1-9(2)15-8-11-12(17-13(14)16-11)10-6-4-3-5-7-10/h3-7,9,15H,8H2,1-2H3,(H2,14,16). The molecule has 1 aromatic carbocycles. The second kappa shape index (κ2) is 5.29.